The SMILES string of the molecule is COCCN(CC(=O)NCCN(C)C)S(C)(=O)=O. The number of carbonyl (C=O) groups excluding carboxylic acids is 1. The van der Waals surface area contributed by atoms with Crippen molar-refractivity contribution in [3.05, 3.63) is 0 Å². The fourth-order valence-electron chi connectivity index (χ4n) is 1.19. The predicted octanol–water partition coefficient (Wildman–Crippen LogP) is -1.43. The number of carbonyl (C=O) groups is 1. The fraction of sp³-hybridized carbons (Fsp3) is 0.900. The zero-order valence-corrected chi connectivity index (χ0v) is 12.3. The summed E-state index contributed by atoms with van der Waals surface area (Å²) in [6, 6.07) is 0. The molecule has 0 aromatic rings. The lowest BCUT2D eigenvalue weighted by Gasteiger charge is -2.19. The second-order valence-electron chi connectivity index (χ2n) is 4.24. The van der Waals surface area contributed by atoms with Crippen molar-refractivity contribution in [2.24, 2.45) is 0 Å². The van der Waals surface area contributed by atoms with Crippen molar-refractivity contribution in [1.82, 2.24) is 14.5 Å². The lowest BCUT2D eigenvalue weighted by molar-refractivity contribution is -0.121. The molecule has 1 N–H and O–H groups in total. The third kappa shape index (κ3) is 8.40. The highest BCUT2D eigenvalue weighted by Gasteiger charge is 2.19. The number of hydrogen-bond donors (Lipinski definition) is 1. The second-order valence-corrected chi connectivity index (χ2v) is 6.23. The first-order valence-electron chi connectivity index (χ1n) is 5.63. The van der Waals surface area contributed by atoms with Gasteiger partial charge in [-0.3, -0.25) is 4.79 Å². The Morgan fingerprint density at radius 2 is 1.89 bits per heavy atom. The molecule has 0 aliphatic heterocycles. The van der Waals surface area contributed by atoms with Gasteiger partial charge < -0.3 is 15.0 Å². The topological polar surface area (TPSA) is 79.0 Å². The molecule has 1 amide bonds. The number of methoxy groups -OCH3 is 1. The Labute approximate surface area is 109 Å². The molecule has 0 atom stereocenters. The molecule has 18 heavy (non-hydrogen) atoms. The van der Waals surface area contributed by atoms with Crippen LogP contribution in [-0.2, 0) is 19.6 Å². The highest BCUT2D eigenvalue weighted by Crippen LogP contribution is 1.97. The van der Waals surface area contributed by atoms with Crippen LogP contribution in [0.3, 0.4) is 0 Å². The van der Waals surface area contributed by atoms with E-state index in [1.807, 2.05) is 19.0 Å². The van der Waals surface area contributed by atoms with Gasteiger partial charge in [-0.1, -0.05) is 0 Å². The van der Waals surface area contributed by atoms with Gasteiger partial charge in [0.25, 0.3) is 0 Å². The van der Waals surface area contributed by atoms with Crippen molar-refractivity contribution in [2.45, 2.75) is 0 Å². The molecule has 7 nitrogen and oxygen atoms in total. The molecule has 108 valence electrons. The molecule has 0 saturated heterocycles. The molecule has 8 heteroatoms. The van der Waals surface area contributed by atoms with Crippen LogP contribution in [0.4, 0.5) is 0 Å². The monoisotopic (exact) mass is 281 g/mol. The summed E-state index contributed by atoms with van der Waals surface area (Å²) in [4.78, 5) is 13.5. The van der Waals surface area contributed by atoms with Crippen LogP contribution in [0.5, 0.6) is 0 Å². The minimum Gasteiger partial charge on any atom is -0.383 e. The van der Waals surface area contributed by atoms with Crippen molar-refractivity contribution < 1.29 is 17.9 Å². The molecule has 0 aliphatic carbocycles. The molecular formula is C10H23N3O4S. The van der Waals surface area contributed by atoms with Crippen LogP contribution in [0, 0.1) is 0 Å². The van der Waals surface area contributed by atoms with Crippen LogP contribution in [0.25, 0.3) is 0 Å². The average Bonchev–Trinajstić information content (AvgIpc) is 2.22. The van der Waals surface area contributed by atoms with Crippen molar-refractivity contribution in [3.8, 4) is 0 Å². The Kier molecular flexibility index (Phi) is 8.08. The van der Waals surface area contributed by atoms with Crippen LogP contribution in [0.1, 0.15) is 0 Å². The third-order valence-corrected chi connectivity index (χ3v) is 3.46. The maximum absolute atomic E-state index is 11.6. The van der Waals surface area contributed by atoms with Gasteiger partial charge in [0.1, 0.15) is 0 Å². The first-order chi connectivity index (χ1) is 8.27. The maximum Gasteiger partial charge on any atom is 0.235 e. The zero-order valence-electron chi connectivity index (χ0n) is 11.5. The molecule has 0 aromatic carbocycles. The molecule has 0 radical (unpaired) electrons. The van der Waals surface area contributed by atoms with Gasteiger partial charge in [-0.05, 0) is 14.1 Å². The second kappa shape index (κ2) is 8.41. The smallest absolute Gasteiger partial charge is 0.235 e. The first kappa shape index (κ1) is 17.3. The van der Waals surface area contributed by atoms with Crippen LogP contribution in [0.15, 0.2) is 0 Å². The van der Waals surface area contributed by atoms with Crippen molar-refractivity contribution in [2.75, 3.05) is 60.2 Å². The molecule has 0 spiro atoms. The van der Waals surface area contributed by atoms with E-state index in [0.717, 1.165) is 10.6 Å². The molecular weight excluding hydrogens is 258 g/mol. The number of nitrogens with zero attached hydrogens (tertiary/aromatic N) is 2. The van der Waals surface area contributed by atoms with Crippen molar-refractivity contribution in [3.63, 3.8) is 0 Å². The maximum atomic E-state index is 11.6. The van der Waals surface area contributed by atoms with Crippen molar-refractivity contribution >= 4 is 15.9 Å². The minimum absolute atomic E-state index is 0.171. The molecule has 0 rings (SSSR count). The van der Waals surface area contributed by atoms with E-state index >= 15 is 0 Å². The molecule has 0 aromatic heterocycles. The summed E-state index contributed by atoms with van der Waals surface area (Å²) in [7, 11) is 1.88. The summed E-state index contributed by atoms with van der Waals surface area (Å²) in [5.41, 5.74) is 0. The van der Waals surface area contributed by atoms with E-state index in [9.17, 15) is 13.2 Å². The number of sulfonamides is 1. The molecule has 0 aliphatic rings. The Hall–Kier alpha value is -0.700. The molecule has 0 saturated carbocycles. The number of rotatable bonds is 9. The lowest BCUT2D eigenvalue weighted by Crippen LogP contribution is -2.43. The Bertz CT molecular complexity index is 343. The summed E-state index contributed by atoms with van der Waals surface area (Å²) in [6.07, 6.45) is 1.08. The predicted molar refractivity (Wildman–Crippen MR) is 69.9 cm³/mol. The summed E-state index contributed by atoms with van der Waals surface area (Å²) in [6.45, 7) is 1.47. The van der Waals surface area contributed by atoms with Gasteiger partial charge >= 0.3 is 0 Å². The zero-order chi connectivity index (χ0) is 14.2. The molecule has 0 bridgehead atoms. The van der Waals surface area contributed by atoms with E-state index in [-0.39, 0.29) is 25.6 Å². The highest BCUT2D eigenvalue weighted by molar-refractivity contribution is 7.88. The van der Waals surface area contributed by atoms with Gasteiger partial charge in [0.05, 0.1) is 19.4 Å². The van der Waals surface area contributed by atoms with E-state index in [1.165, 1.54) is 7.11 Å². The van der Waals surface area contributed by atoms with Gasteiger partial charge in [-0.25, -0.2) is 8.42 Å². The number of likely N-dealkylation sites (N-methyl/N-ethyl adjacent to an activating group) is 1. The van der Waals surface area contributed by atoms with Crippen LogP contribution < -0.4 is 5.32 Å². The van der Waals surface area contributed by atoms with Gasteiger partial charge in [-0.15, -0.1) is 0 Å². The summed E-state index contributed by atoms with van der Waals surface area (Å²) >= 11 is 0. The number of ether oxygens (including phenoxy) is 1. The van der Waals surface area contributed by atoms with Crippen LogP contribution in [0.2, 0.25) is 0 Å². The summed E-state index contributed by atoms with van der Waals surface area (Å²) in [5, 5.41) is 2.67. The third-order valence-electron chi connectivity index (χ3n) is 2.21. The first-order valence-corrected chi connectivity index (χ1v) is 7.47. The Balaban J connectivity index is 4.19. The highest BCUT2D eigenvalue weighted by atomic mass is 32.2. The van der Waals surface area contributed by atoms with Gasteiger partial charge in [0.2, 0.25) is 15.9 Å². The molecule has 0 heterocycles. The Morgan fingerprint density at radius 1 is 1.28 bits per heavy atom. The fourth-order valence-corrected chi connectivity index (χ4v) is 1.95. The normalized spacial score (nSPS) is 12.1. The van der Waals surface area contributed by atoms with Gasteiger partial charge in [0.15, 0.2) is 0 Å². The lowest BCUT2D eigenvalue weighted by atomic mass is 10.5. The van der Waals surface area contributed by atoms with E-state index in [0.29, 0.717) is 13.1 Å². The van der Waals surface area contributed by atoms with Crippen molar-refractivity contribution in [1.29, 1.82) is 0 Å². The van der Waals surface area contributed by atoms with E-state index in [1.54, 1.807) is 0 Å². The van der Waals surface area contributed by atoms with Crippen LogP contribution in [-0.4, -0.2) is 83.8 Å². The largest absolute Gasteiger partial charge is 0.383 e. The van der Waals surface area contributed by atoms with E-state index < -0.39 is 10.0 Å². The van der Waals surface area contributed by atoms with Gasteiger partial charge in [0, 0.05) is 26.7 Å². The Morgan fingerprint density at radius 3 is 2.33 bits per heavy atom. The number of nitrogens with one attached hydrogen (secondary N) is 1. The summed E-state index contributed by atoms with van der Waals surface area (Å²) < 4.78 is 28.8. The van der Waals surface area contributed by atoms with E-state index in [4.69, 9.17) is 4.74 Å². The standard InChI is InChI=1S/C10H23N3O4S/c1-12(2)6-5-11-10(14)9-13(7-8-17-3)18(4,15)16/h5-9H2,1-4H3,(H,11,14). The quantitative estimate of drug-likeness (QED) is 0.561. The van der Waals surface area contributed by atoms with Crippen LogP contribution >= 0.6 is 0 Å². The number of amides is 1. The summed E-state index contributed by atoms with van der Waals surface area (Å²) in [5.74, 6) is -0.307. The van der Waals surface area contributed by atoms with Gasteiger partial charge in [-0.2, -0.15) is 4.31 Å². The van der Waals surface area contributed by atoms with E-state index in [2.05, 4.69) is 5.32 Å². The number of hydrogen-bond acceptors (Lipinski definition) is 5. The molecule has 0 unspecified atom stereocenters. The average molecular weight is 281 g/mol. The minimum atomic E-state index is -3.39. The molecule has 0 fully saturated rings.